The maximum absolute atomic E-state index is 12.9. The highest BCUT2D eigenvalue weighted by Crippen LogP contribution is 2.40. The third-order valence-corrected chi connectivity index (χ3v) is 9.50. The van der Waals surface area contributed by atoms with Crippen LogP contribution in [0.15, 0.2) is 0 Å². The van der Waals surface area contributed by atoms with Gasteiger partial charge in [-0.3, -0.25) is 14.4 Å². The first-order valence-electron chi connectivity index (χ1n) is 12.3. The molecule has 4 atom stereocenters. The fourth-order valence-corrected chi connectivity index (χ4v) is 6.21. The number of rotatable bonds is 16. The van der Waals surface area contributed by atoms with Crippen LogP contribution in [-0.4, -0.2) is 80.1 Å². The molecule has 5 N–H and O–H groups in total. The van der Waals surface area contributed by atoms with Gasteiger partial charge in [0.25, 0.3) is 0 Å². The van der Waals surface area contributed by atoms with Gasteiger partial charge in [0.05, 0.1) is 17.6 Å². The van der Waals surface area contributed by atoms with Crippen LogP contribution >= 0.6 is 23.5 Å². The fourth-order valence-electron chi connectivity index (χ4n) is 3.17. The van der Waals surface area contributed by atoms with Gasteiger partial charge in [0.2, 0.25) is 5.91 Å². The Morgan fingerprint density at radius 3 is 1.92 bits per heavy atom. The van der Waals surface area contributed by atoms with Crippen molar-refractivity contribution in [1.29, 1.82) is 0 Å². The third-order valence-electron chi connectivity index (χ3n) is 6.27. The summed E-state index contributed by atoms with van der Waals surface area (Å²) in [4.78, 5) is 47.9. The van der Waals surface area contributed by atoms with Crippen LogP contribution in [-0.2, 0) is 23.9 Å². The van der Waals surface area contributed by atoms with E-state index in [1.54, 1.807) is 13.8 Å². The van der Waals surface area contributed by atoms with E-state index in [0.29, 0.717) is 18.6 Å². The van der Waals surface area contributed by atoms with Crippen LogP contribution in [0.3, 0.4) is 0 Å². The molecule has 0 aliphatic heterocycles. The second-order valence-corrected chi connectivity index (χ2v) is 14.3. The van der Waals surface area contributed by atoms with E-state index < -0.39 is 46.4 Å². The number of amides is 1. The highest BCUT2D eigenvalue weighted by atomic mass is 32.2. The van der Waals surface area contributed by atoms with Crippen LogP contribution in [0.2, 0.25) is 0 Å². The zero-order chi connectivity index (χ0) is 27.9. The van der Waals surface area contributed by atoms with Gasteiger partial charge < -0.3 is 26.0 Å². The normalized spacial score (nSPS) is 20.2. The second-order valence-electron chi connectivity index (χ2n) is 11.7. The Morgan fingerprint density at radius 1 is 0.944 bits per heavy atom. The molecule has 1 amide bonds. The summed E-state index contributed by atoms with van der Waals surface area (Å²) >= 11 is 2.98. The molecule has 1 rings (SSSR count). The minimum absolute atomic E-state index is 0.0835. The van der Waals surface area contributed by atoms with Crippen LogP contribution in [0.4, 0.5) is 0 Å². The number of carbonyl (C=O) groups is 4. The number of aliphatic carboxylic acids is 2. The third kappa shape index (κ3) is 11.0. The predicted molar refractivity (Wildman–Crippen MR) is 144 cm³/mol. The molecule has 0 saturated heterocycles. The number of nitrogens with one attached hydrogen (secondary N) is 1. The number of Topliss-reactive ketones (excluding diaryl/α,β-unsaturated/α-hetero) is 1. The molecule has 1 aliphatic carbocycles. The Labute approximate surface area is 223 Å². The molecule has 208 valence electrons. The van der Waals surface area contributed by atoms with E-state index in [1.165, 1.54) is 23.5 Å². The van der Waals surface area contributed by atoms with E-state index in [0.717, 1.165) is 12.8 Å². The lowest BCUT2D eigenvalue weighted by Gasteiger charge is -2.37. The van der Waals surface area contributed by atoms with Crippen molar-refractivity contribution in [2.45, 2.75) is 102 Å². The summed E-state index contributed by atoms with van der Waals surface area (Å²) in [5.41, 5.74) is 3.58. The molecule has 0 heterocycles. The Morgan fingerprint density at radius 2 is 1.47 bits per heavy atom. The highest BCUT2D eigenvalue weighted by Gasteiger charge is 2.37. The topological polar surface area (TPSA) is 156 Å². The van der Waals surface area contributed by atoms with Crippen molar-refractivity contribution >= 4 is 47.2 Å². The van der Waals surface area contributed by atoms with Crippen molar-refractivity contribution in [3.8, 4) is 0 Å². The zero-order valence-electron chi connectivity index (χ0n) is 22.6. The lowest BCUT2D eigenvalue weighted by Crippen LogP contribution is -2.50. The molecule has 4 unspecified atom stereocenters. The number of thioether (sulfide) groups is 2. The van der Waals surface area contributed by atoms with Crippen molar-refractivity contribution < 1.29 is 34.1 Å². The number of carboxylic acid groups (broad SMARTS) is 2. The summed E-state index contributed by atoms with van der Waals surface area (Å²) < 4.78 is 6.00. The molecule has 0 spiro atoms. The summed E-state index contributed by atoms with van der Waals surface area (Å²) in [6, 6.07) is -1.97. The Kier molecular flexibility index (Phi) is 12.3. The number of ether oxygens (including phenoxy) is 1. The van der Waals surface area contributed by atoms with Crippen molar-refractivity contribution in [3.05, 3.63) is 0 Å². The molecule has 0 aromatic heterocycles. The maximum Gasteiger partial charge on any atom is 0.327 e. The summed E-state index contributed by atoms with van der Waals surface area (Å²) in [7, 11) is 0. The monoisotopic (exact) mass is 548 g/mol. The van der Waals surface area contributed by atoms with E-state index >= 15 is 0 Å². The summed E-state index contributed by atoms with van der Waals surface area (Å²) in [6.07, 6.45) is 2.74. The molecular weight excluding hydrogens is 504 g/mol. The summed E-state index contributed by atoms with van der Waals surface area (Å²) in [6.45, 7) is 12.9. The molecule has 0 aromatic rings. The van der Waals surface area contributed by atoms with Crippen LogP contribution in [0, 0.1) is 10.8 Å². The lowest BCUT2D eigenvalue weighted by molar-refractivity contribution is -0.145. The average Bonchev–Trinajstić information content (AvgIpc) is 2.73. The number of nitrogens with two attached hydrogens (primary N) is 1. The first-order valence-corrected chi connectivity index (χ1v) is 14.4. The van der Waals surface area contributed by atoms with Crippen LogP contribution in [0.5, 0.6) is 0 Å². The SMILES string of the molecule is CC(C)(CCC(=O)C(C)(C)C)OCC(C)(C)C(=O)NC(CSC1CCC1SCC(N)C(=O)O)C(=O)O. The second kappa shape index (κ2) is 13.5. The van der Waals surface area contributed by atoms with Gasteiger partial charge >= 0.3 is 11.9 Å². The number of hydrogen-bond donors (Lipinski definition) is 4. The first kappa shape index (κ1) is 32.7. The molecule has 9 nitrogen and oxygen atoms in total. The highest BCUT2D eigenvalue weighted by molar-refractivity contribution is 8.04. The molecular formula is C25H44N2O7S2. The van der Waals surface area contributed by atoms with Gasteiger partial charge in [-0.05, 0) is 47.0 Å². The van der Waals surface area contributed by atoms with Gasteiger partial charge in [0, 0.05) is 33.8 Å². The van der Waals surface area contributed by atoms with Gasteiger partial charge in [-0.1, -0.05) is 20.8 Å². The minimum Gasteiger partial charge on any atom is -0.480 e. The van der Waals surface area contributed by atoms with Crippen molar-refractivity contribution in [2.24, 2.45) is 16.6 Å². The first-order chi connectivity index (χ1) is 16.4. The quantitative estimate of drug-likeness (QED) is 0.226. The van der Waals surface area contributed by atoms with Crippen molar-refractivity contribution in [1.82, 2.24) is 5.32 Å². The zero-order valence-corrected chi connectivity index (χ0v) is 24.2. The van der Waals surface area contributed by atoms with Crippen molar-refractivity contribution in [3.63, 3.8) is 0 Å². The molecule has 36 heavy (non-hydrogen) atoms. The molecule has 1 aliphatic rings. The Balaban J connectivity index is 2.56. The van der Waals surface area contributed by atoms with Crippen molar-refractivity contribution in [2.75, 3.05) is 18.1 Å². The minimum atomic E-state index is -1.11. The predicted octanol–water partition coefficient (Wildman–Crippen LogP) is 3.18. The molecule has 0 bridgehead atoms. The van der Waals surface area contributed by atoms with Gasteiger partial charge in [-0.25, -0.2) is 4.79 Å². The standard InChI is InChI=1S/C25H44N2O7S2/c1-23(2,3)19(28)10-11-25(6,7)34-14-24(4,5)22(33)27-16(21(31)32)13-36-18-9-8-17(18)35-12-15(26)20(29)30/h15-18H,8-14,26H2,1-7H3,(H,27,33)(H,29,30)(H,31,32). The van der Waals surface area contributed by atoms with Gasteiger partial charge in [0.15, 0.2) is 0 Å². The molecule has 1 fully saturated rings. The Bertz CT molecular complexity index is 796. The maximum atomic E-state index is 12.9. The number of hydrogen-bond acceptors (Lipinski definition) is 8. The fraction of sp³-hybridized carbons (Fsp3) is 0.840. The Hall–Kier alpha value is -1.30. The van der Waals surface area contributed by atoms with E-state index in [2.05, 4.69) is 5.32 Å². The largest absolute Gasteiger partial charge is 0.480 e. The van der Waals surface area contributed by atoms with E-state index in [9.17, 15) is 24.3 Å². The smallest absolute Gasteiger partial charge is 0.327 e. The number of carbonyl (C=O) groups excluding carboxylic acids is 2. The lowest BCUT2D eigenvalue weighted by atomic mass is 9.86. The number of ketones is 1. The van der Waals surface area contributed by atoms with E-state index in [1.807, 2.05) is 34.6 Å². The molecule has 0 radical (unpaired) electrons. The van der Waals surface area contributed by atoms with E-state index in [-0.39, 0.29) is 28.6 Å². The molecule has 11 heteroatoms. The average molecular weight is 549 g/mol. The molecule has 0 aromatic carbocycles. The van der Waals surface area contributed by atoms with Gasteiger partial charge in [0.1, 0.15) is 17.9 Å². The van der Waals surface area contributed by atoms with Gasteiger partial charge in [-0.2, -0.15) is 23.5 Å². The van der Waals surface area contributed by atoms with Crippen LogP contribution in [0.1, 0.15) is 74.1 Å². The summed E-state index contributed by atoms with van der Waals surface area (Å²) in [5.74, 6) is -1.88. The van der Waals surface area contributed by atoms with Crippen LogP contribution in [0.25, 0.3) is 0 Å². The summed E-state index contributed by atoms with van der Waals surface area (Å²) in [5, 5.41) is 21.7. The van der Waals surface area contributed by atoms with Crippen LogP contribution < -0.4 is 11.1 Å². The van der Waals surface area contributed by atoms with E-state index in [4.69, 9.17) is 15.6 Å². The van der Waals surface area contributed by atoms with Gasteiger partial charge in [-0.15, -0.1) is 0 Å². The molecule has 1 saturated carbocycles. The number of carboxylic acids is 2.